The Morgan fingerprint density at radius 2 is 1.92 bits per heavy atom. The van der Waals surface area contributed by atoms with E-state index in [4.69, 9.17) is 0 Å². The molecule has 140 valence electrons. The molecule has 2 fully saturated rings. The highest BCUT2D eigenvalue weighted by Gasteiger charge is 2.47. The van der Waals surface area contributed by atoms with Gasteiger partial charge < -0.3 is 10.2 Å². The molecule has 2 saturated heterocycles. The molecule has 6 heteroatoms. The molecule has 1 amide bonds. The molecule has 2 atom stereocenters. The smallest absolute Gasteiger partial charge is 0.250 e. The van der Waals surface area contributed by atoms with Gasteiger partial charge in [0.1, 0.15) is 5.54 Å². The molecule has 4 rings (SSSR count). The summed E-state index contributed by atoms with van der Waals surface area (Å²) in [5, 5.41) is 7.83. The zero-order chi connectivity index (χ0) is 17.3. The lowest BCUT2D eigenvalue weighted by Crippen LogP contribution is -2.56. The predicted octanol–water partition coefficient (Wildman–Crippen LogP) is 2.79. The van der Waals surface area contributed by atoms with E-state index in [-0.39, 0.29) is 24.4 Å². The third kappa shape index (κ3) is 3.26. The molecule has 0 aliphatic carbocycles. The van der Waals surface area contributed by atoms with Gasteiger partial charge in [0.2, 0.25) is 0 Å². The largest absolute Gasteiger partial charge is 0.337 e. The van der Waals surface area contributed by atoms with Gasteiger partial charge in [0.05, 0.1) is 0 Å². The first kappa shape index (κ1) is 18.9. The second-order valence-corrected chi connectivity index (χ2v) is 7.38. The Hall–Kier alpha value is -1.85. The number of halogens is 1. The Bertz CT molecular complexity index is 713. The Morgan fingerprint density at radius 1 is 1.19 bits per heavy atom. The molecular weight excluding hydrogens is 348 g/mol. The van der Waals surface area contributed by atoms with Crippen LogP contribution in [0.2, 0.25) is 0 Å². The quantitative estimate of drug-likeness (QED) is 0.898. The van der Waals surface area contributed by atoms with E-state index in [1.807, 2.05) is 23.0 Å². The van der Waals surface area contributed by atoms with E-state index in [2.05, 4.69) is 46.5 Å². The highest BCUT2D eigenvalue weighted by molar-refractivity contribution is 5.85. The fourth-order valence-electron chi connectivity index (χ4n) is 4.45. The summed E-state index contributed by atoms with van der Waals surface area (Å²) in [6.45, 7) is 4.70. The highest BCUT2D eigenvalue weighted by Crippen LogP contribution is 2.37. The van der Waals surface area contributed by atoms with Crippen LogP contribution in [0, 0.1) is 0 Å². The van der Waals surface area contributed by atoms with E-state index in [9.17, 15) is 4.79 Å². The van der Waals surface area contributed by atoms with Crippen molar-refractivity contribution in [1.82, 2.24) is 20.0 Å². The van der Waals surface area contributed by atoms with Gasteiger partial charge in [-0.1, -0.05) is 30.3 Å². The van der Waals surface area contributed by atoms with Crippen molar-refractivity contribution in [3.05, 3.63) is 54.4 Å². The van der Waals surface area contributed by atoms with E-state index in [0.29, 0.717) is 5.92 Å². The SMILES string of the molecule is CC1CC(c2ccccc2)CN1C(=O)C1(n2cccn2)CCNCC1.Cl. The summed E-state index contributed by atoms with van der Waals surface area (Å²) in [7, 11) is 0. The molecule has 1 aromatic carbocycles. The van der Waals surface area contributed by atoms with Crippen molar-refractivity contribution in [1.29, 1.82) is 0 Å². The molecule has 3 heterocycles. The molecular formula is C20H27ClN4O. The minimum Gasteiger partial charge on any atom is -0.337 e. The lowest BCUT2D eigenvalue weighted by Gasteiger charge is -2.40. The summed E-state index contributed by atoms with van der Waals surface area (Å²) in [6, 6.07) is 12.8. The number of aromatic nitrogens is 2. The van der Waals surface area contributed by atoms with E-state index in [1.54, 1.807) is 6.20 Å². The minimum absolute atomic E-state index is 0. The number of carbonyl (C=O) groups is 1. The Labute approximate surface area is 161 Å². The first-order valence-electron chi connectivity index (χ1n) is 9.27. The maximum absolute atomic E-state index is 13.6. The summed E-state index contributed by atoms with van der Waals surface area (Å²) >= 11 is 0. The molecule has 2 unspecified atom stereocenters. The number of likely N-dealkylation sites (tertiary alicyclic amines) is 1. The van der Waals surface area contributed by atoms with Gasteiger partial charge in [0.25, 0.3) is 5.91 Å². The lowest BCUT2D eigenvalue weighted by molar-refractivity contribution is -0.143. The van der Waals surface area contributed by atoms with Crippen molar-refractivity contribution in [3.63, 3.8) is 0 Å². The number of benzene rings is 1. The molecule has 26 heavy (non-hydrogen) atoms. The zero-order valence-corrected chi connectivity index (χ0v) is 16.0. The third-order valence-corrected chi connectivity index (χ3v) is 5.88. The second-order valence-electron chi connectivity index (χ2n) is 7.38. The number of nitrogens with zero attached hydrogens (tertiary/aromatic N) is 3. The van der Waals surface area contributed by atoms with Crippen LogP contribution in [0.25, 0.3) is 0 Å². The summed E-state index contributed by atoms with van der Waals surface area (Å²) in [4.78, 5) is 15.7. The molecule has 5 nitrogen and oxygen atoms in total. The summed E-state index contributed by atoms with van der Waals surface area (Å²) in [6.07, 6.45) is 6.35. The molecule has 0 radical (unpaired) electrons. The third-order valence-electron chi connectivity index (χ3n) is 5.88. The standard InChI is InChI=1S/C20H26N4O.ClH/c1-16-14-18(17-6-3-2-4-7-17)15-23(16)19(25)20(8-11-21-12-9-20)24-13-5-10-22-24;/h2-7,10,13,16,18,21H,8-9,11-12,14-15H2,1H3;1H. The highest BCUT2D eigenvalue weighted by atomic mass is 35.5. The predicted molar refractivity (Wildman–Crippen MR) is 105 cm³/mol. The topological polar surface area (TPSA) is 50.2 Å². The summed E-state index contributed by atoms with van der Waals surface area (Å²) < 4.78 is 1.90. The maximum atomic E-state index is 13.6. The number of piperidine rings is 1. The minimum atomic E-state index is -0.533. The number of hydrogen-bond acceptors (Lipinski definition) is 3. The fraction of sp³-hybridized carbons (Fsp3) is 0.500. The van der Waals surface area contributed by atoms with E-state index >= 15 is 0 Å². The van der Waals surface area contributed by atoms with Gasteiger partial charge in [-0.25, -0.2) is 0 Å². The van der Waals surface area contributed by atoms with Crippen LogP contribution < -0.4 is 5.32 Å². The van der Waals surface area contributed by atoms with E-state index < -0.39 is 5.54 Å². The molecule has 1 aromatic heterocycles. The monoisotopic (exact) mass is 374 g/mol. The van der Waals surface area contributed by atoms with Crippen molar-refractivity contribution in [2.75, 3.05) is 19.6 Å². The molecule has 0 saturated carbocycles. The molecule has 2 aliphatic heterocycles. The van der Waals surface area contributed by atoms with E-state index in [0.717, 1.165) is 38.9 Å². The van der Waals surface area contributed by atoms with Gasteiger partial charge in [-0.2, -0.15) is 5.10 Å². The van der Waals surface area contributed by atoms with Gasteiger partial charge >= 0.3 is 0 Å². The maximum Gasteiger partial charge on any atom is 0.250 e. The van der Waals surface area contributed by atoms with Crippen molar-refractivity contribution in [3.8, 4) is 0 Å². The Kier molecular flexibility index (Phi) is 5.68. The van der Waals surface area contributed by atoms with Crippen LogP contribution in [-0.2, 0) is 10.3 Å². The second kappa shape index (κ2) is 7.80. The van der Waals surface area contributed by atoms with Crippen LogP contribution >= 0.6 is 12.4 Å². The number of hydrogen-bond donors (Lipinski definition) is 1. The van der Waals surface area contributed by atoms with Crippen molar-refractivity contribution < 1.29 is 4.79 Å². The Balaban J connectivity index is 0.00000196. The van der Waals surface area contributed by atoms with Crippen LogP contribution in [0.15, 0.2) is 48.8 Å². The van der Waals surface area contributed by atoms with Crippen LogP contribution in [0.5, 0.6) is 0 Å². The van der Waals surface area contributed by atoms with Gasteiger partial charge in [0, 0.05) is 30.9 Å². The lowest BCUT2D eigenvalue weighted by atomic mass is 9.86. The average molecular weight is 375 g/mol. The molecule has 0 bridgehead atoms. The fourth-order valence-corrected chi connectivity index (χ4v) is 4.45. The number of rotatable bonds is 3. The first-order valence-corrected chi connectivity index (χ1v) is 9.27. The normalized spacial score (nSPS) is 24.9. The summed E-state index contributed by atoms with van der Waals surface area (Å²) in [5.74, 6) is 0.667. The molecule has 2 aliphatic rings. The molecule has 1 N–H and O–H groups in total. The first-order chi connectivity index (χ1) is 12.2. The van der Waals surface area contributed by atoms with Gasteiger partial charge in [0.15, 0.2) is 0 Å². The Morgan fingerprint density at radius 3 is 2.58 bits per heavy atom. The van der Waals surface area contributed by atoms with Crippen LogP contribution in [0.3, 0.4) is 0 Å². The van der Waals surface area contributed by atoms with Crippen LogP contribution in [0.4, 0.5) is 0 Å². The average Bonchev–Trinajstić information content (AvgIpc) is 3.32. The number of amides is 1. The van der Waals surface area contributed by atoms with Gasteiger partial charge in [-0.05, 0) is 50.9 Å². The van der Waals surface area contributed by atoms with Crippen molar-refractivity contribution in [2.45, 2.75) is 43.7 Å². The number of nitrogens with one attached hydrogen (secondary N) is 1. The molecule has 0 spiro atoms. The number of carbonyl (C=O) groups excluding carboxylic acids is 1. The van der Waals surface area contributed by atoms with Gasteiger partial charge in [-0.3, -0.25) is 9.48 Å². The van der Waals surface area contributed by atoms with Gasteiger partial charge in [-0.15, -0.1) is 12.4 Å². The van der Waals surface area contributed by atoms with Crippen LogP contribution in [-0.4, -0.2) is 46.3 Å². The molecule has 2 aromatic rings. The zero-order valence-electron chi connectivity index (χ0n) is 15.2. The summed E-state index contributed by atoms with van der Waals surface area (Å²) in [5.41, 5.74) is 0.803. The van der Waals surface area contributed by atoms with E-state index in [1.165, 1.54) is 5.56 Å². The van der Waals surface area contributed by atoms with Crippen molar-refractivity contribution in [2.24, 2.45) is 0 Å². The van der Waals surface area contributed by atoms with Crippen molar-refractivity contribution >= 4 is 18.3 Å². The van der Waals surface area contributed by atoms with Crippen LogP contribution in [0.1, 0.15) is 37.7 Å².